The Hall–Kier alpha value is -5.88. The SMILES string of the molecule is c1ccc(-c2nc(-n3c4ccc5ccccc5c4c4cccc(-c5ccc6sc7ccccc7c6c5)c43)nc3c2sc2ccccc23)cc1. The number of rotatable bonds is 3. The number of aromatic nitrogens is 3. The third kappa shape index (κ3) is 3.94. The number of fused-ring (bicyclic) bond motifs is 11. The van der Waals surface area contributed by atoms with Gasteiger partial charge in [-0.25, -0.2) is 9.97 Å². The molecular formula is C44H25N3S2. The Bertz CT molecular complexity index is 3110. The normalized spacial score (nSPS) is 12.1. The molecule has 7 aromatic carbocycles. The zero-order valence-electron chi connectivity index (χ0n) is 26.1. The lowest BCUT2D eigenvalue weighted by molar-refractivity contribution is 1.02. The van der Waals surface area contributed by atoms with Gasteiger partial charge in [0.05, 0.1) is 26.9 Å². The highest BCUT2D eigenvalue weighted by atomic mass is 32.1. The number of benzene rings is 7. The van der Waals surface area contributed by atoms with Crippen molar-refractivity contribution >= 4 is 95.7 Å². The van der Waals surface area contributed by atoms with E-state index in [-0.39, 0.29) is 0 Å². The molecular weight excluding hydrogens is 635 g/mol. The van der Waals surface area contributed by atoms with E-state index in [2.05, 4.69) is 156 Å². The van der Waals surface area contributed by atoms with E-state index in [1.165, 1.54) is 52.0 Å². The van der Waals surface area contributed by atoms with E-state index >= 15 is 0 Å². The Morgan fingerprint density at radius 2 is 1.18 bits per heavy atom. The van der Waals surface area contributed by atoms with Crippen LogP contribution in [0.25, 0.3) is 101 Å². The zero-order valence-corrected chi connectivity index (χ0v) is 27.7. The third-order valence-corrected chi connectivity index (χ3v) is 12.1. The quantitative estimate of drug-likeness (QED) is 0.189. The molecule has 0 amide bonds. The van der Waals surface area contributed by atoms with Crippen LogP contribution in [-0.4, -0.2) is 14.5 Å². The Balaban J connectivity index is 1.30. The molecule has 0 aliphatic carbocycles. The smallest absolute Gasteiger partial charge is 0.235 e. The van der Waals surface area contributed by atoms with Crippen molar-refractivity contribution in [2.75, 3.05) is 0 Å². The molecule has 0 aliphatic rings. The monoisotopic (exact) mass is 659 g/mol. The summed E-state index contributed by atoms with van der Waals surface area (Å²) in [4.78, 5) is 10.9. The van der Waals surface area contributed by atoms with E-state index in [1.54, 1.807) is 11.3 Å². The summed E-state index contributed by atoms with van der Waals surface area (Å²) in [5, 5.41) is 8.61. The second kappa shape index (κ2) is 10.3. The minimum absolute atomic E-state index is 0.680. The molecule has 0 saturated carbocycles. The molecule has 0 unspecified atom stereocenters. The number of para-hydroxylation sites is 1. The van der Waals surface area contributed by atoms with E-state index in [9.17, 15) is 0 Å². The van der Waals surface area contributed by atoms with Crippen molar-refractivity contribution in [3.05, 3.63) is 152 Å². The van der Waals surface area contributed by atoms with Crippen LogP contribution in [0.15, 0.2) is 152 Å². The van der Waals surface area contributed by atoms with Crippen molar-refractivity contribution in [1.29, 1.82) is 0 Å². The molecule has 4 aromatic heterocycles. The number of hydrogen-bond donors (Lipinski definition) is 0. The van der Waals surface area contributed by atoms with Crippen LogP contribution in [0.4, 0.5) is 0 Å². The summed E-state index contributed by atoms with van der Waals surface area (Å²) in [5.74, 6) is 0.680. The lowest BCUT2D eigenvalue weighted by atomic mass is 9.98. The van der Waals surface area contributed by atoms with Gasteiger partial charge in [0.25, 0.3) is 0 Å². The molecule has 0 spiro atoms. The maximum atomic E-state index is 5.47. The summed E-state index contributed by atoms with van der Waals surface area (Å²) in [5.41, 5.74) is 7.59. The second-order valence-electron chi connectivity index (χ2n) is 12.5. The van der Waals surface area contributed by atoms with Gasteiger partial charge in [0.15, 0.2) is 0 Å². The van der Waals surface area contributed by atoms with E-state index in [1.807, 2.05) is 11.3 Å². The van der Waals surface area contributed by atoms with Crippen molar-refractivity contribution in [2.45, 2.75) is 0 Å². The van der Waals surface area contributed by atoms with Crippen LogP contribution in [0.5, 0.6) is 0 Å². The Morgan fingerprint density at radius 3 is 2.06 bits per heavy atom. The van der Waals surface area contributed by atoms with E-state index in [0.717, 1.165) is 43.5 Å². The van der Waals surface area contributed by atoms with Gasteiger partial charge in [-0.2, -0.15) is 0 Å². The van der Waals surface area contributed by atoms with Crippen LogP contribution in [0.3, 0.4) is 0 Å². The first-order chi connectivity index (χ1) is 24.3. The van der Waals surface area contributed by atoms with Gasteiger partial charge in [0, 0.05) is 52.2 Å². The van der Waals surface area contributed by atoms with Crippen molar-refractivity contribution in [3.63, 3.8) is 0 Å². The van der Waals surface area contributed by atoms with Crippen molar-refractivity contribution < 1.29 is 0 Å². The van der Waals surface area contributed by atoms with Crippen LogP contribution in [0, 0.1) is 0 Å². The van der Waals surface area contributed by atoms with E-state index in [0.29, 0.717) is 5.95 Å². The maximum Gasteiger partial charge on any atom is 0.235 e. The third-order valence-electron chi connectivity index (χ3n) is 9.82. The Kier molecular flexibility index (Phi) is 5.70. The first-order valence-corrected chi connectivity index (χ1v) is 18.1. The van der Waals surface area contributed by atoms with Crippen LogP contribution >= 0.6 is 22.7 Å². The highest BCUT2D eigenvalue weighted by Crippen LogP contribution is 2.44. The van der Waals surface area contributed by atoms with Gasteiger partial charge in [-0.05, 0) is 46.7 Å². The number of hydrogen-bond acceptors (Lipinski definition) is 4. The van der Waals surface area contributed by atoms with Crippen LogP contribution in [0.2, 0.25) is 0 Å². The van der Waals surface area contributed by atoms with Crippen LogP contribution in [-0.2, 0) is 0 Å². The summed E-state index contributed by atoms with van der Waals surface area (Å²) >= 11 is 3.62. The lowest BCUT2D eigenvalue weighted by Gasteiger charge is -2.13. The molecule has 0 atom stereocenters. The number of nitrogens with zero attached hydrogens (tertiary/aromatic N) is 3. The van der Waals surface area contributed by atoms with Crippen molar-refractivity contribution in [1.82, 2.24) is 14.5 Å². The van der Waals surface area contributed by atoms with Crippen molar-refractivity contribution in [2.24, 2.45) is 0 Å². The van der Waals surface area contributed by atoms with E-state index < -0.39 is 0 Å². The Morgan fingerprint density at radius 1 is 0.469 bits per heavy atom. The summed E-state index contributed by atoms with van der Waals surface area (Å²) in [6.07, 6.45) is 0. The fraction of sp³-hybridized carbons (Fsp3) is 0. The lowest BCUT2D eigenvalue weighted by Crippen LogP contribution is -2.03. The molecule has 0 N–H and O–H groups in total. The topological polar surface area (TPSA) is 30.7 Å². The summed E-state index contributed by atoms with van der Waals surface area (Å²) in [6, 6.07) is 54.7. The van der Waals surface area contributed by atoms with Gasteiger partial charge in [0.1, 0.15) is 0 Å². The molecule has 0 radical (unpaired) electrons. The van der Waals surface area contributed by atoms with Crippen LogP contribution in [0.1, 0.15) is 0 Å². The van der Waals surface area contributed by atoms with Gasteiger partial charge in [-0.1, -0.05) is 121 Å². The molecule has 0 aliphatic heterocycles. The minimum atomic E-state index is 0.680. The van der Waals surface area contributed by atoms with Crippen LogP contribution < -0.4 is 0 Å². The summed E-state index contributed by atoms with van der Waals surface area (Å²) < 4.78 is 7.25. The molecule has 4 heterocycles. The van der Waals surface area contributed by atoms with Gasteiger partial charge < -0.3 is 0 Å². The summed E-state index contributed by atoms with van der Waals surface area (Å²) in [7, 11) is 0. The van der Waals surface area contributed by atoms with Gasteiger partial charge in [-0.3, -0.25) is 4.57 Å². The largest absolute Gasteiger partial charge is 0.277 e. The average molecular weight is 660 g/mol. The molecule has 11 rings (SSSR count). The standard InChI is InChI=1S/C44H25N3S2/c1-2-12-27(13-3-1)40-43-41(32-16-7-9-20-37(32)49-43)46-44(45-40)47-35-23-21-26-11-4-5-14-29(26)39(35)33-18-10-17-30(42(33)47)28-22-24-38-34(25-28)31-15-6-8-19-36(31)48-38/h1-25H. The molecule has 5 heteroatoms. The van der Waals surface area contributed by atoms with Gasteiger partial charge in [0.2, 0.25) is 5.95 Å². The molecule has 11 aromatic rings. The highest BCUT2D eigenvalue weighted by Gasteiger charge is 2.23. The molecule has 0 saturated heterocycles. The van der Waals surface area contributed by atoms with Gasteiger partial charge in [-0.15, -0.1) is 22.7 Å². The maximum absolute atomic E-state index is 5.47. The average Bonchev–Trinajstić information content (AvgIpc) is 3.84. The molecule has 0 bridgehead atoms. The Labute approximate surface area is 289 Å². The molecule has 228 valence electrons. The zero-order chi connectivity index (χ0) is 32.1. The highest BCUT2D eigenvalue weighted by molar-refractivity contribution is 7.26. The molecule has 0 fully saturated rings. The molecule has 49 heavy (non-hydrogen) atoms. The van der Waals surface area contributed by atoms with Crippen molar-refractivity contribution in [3.8, 4) is 28.3 Å². The summed E-state index contributed by atoms with van der Waals surface area (Å²) in [6.45, 7) is 0. The predicted octanol–water partition coefficient (Wildman–Crippen LogP) is 12.8. The fourth-order valence-corrected chi connectivity index (χ4v) is 9.88. The minimum Gasteiger partial charge on any atom is -0.277 e. The second-order valence-corrected chi connectivity index (χ2v) is 14.7. The number of thiophene rings is 2. The predicted molar refractivity (Wildman–Crippen MR) is 211 cm³/mol. The van der Waals surface area contributed by atoms with Gasteiger partial charge >= 0.3 is 0 Å². The first-order valence-electron chi connectivity index (χ1n) is 16.4. The van der Waals surface area contributed by atoms with E-state index in [4.69, 9.17) is 9.97 Å². The first kappa shape index (κ1) is 27.1. The fourth-order valence-electron chi connectivity index (χ4n) is 7.64. The molecule has 3 nitrogen and oxygen atoms in total.